The minimum atomic E-state index is 0.533. The lowest BCUT2D eigenvalue weighted by atomic mass is 9.96. The molecule has 8 aromatic carbocycles. The number of aromatic nitrogens is 4. The van der Waals surface area contributed by atoms with Gasteiger partial charge in [-0.15, -0.1) is 0 Å². The van der Waals surface area contributed by atoms with Crippen LogP contribution in [0.25, 0.3) is 111 Å². The lowest BCUT2D eigenvalue weighted by Gasteiger charge is -2.10. The second-order valence-electron chi connectivity index (χ2n) is 13.8. The molecular weight excluding hydrogens is 673 g/mol. The standard InChI is InChI=1S/C50H30N4O/c1-2-12-35(13-3-1)48-52-49(36-25-22-33(23-26-36)39-17-8-14-31-10-4-6-15-38(31)39)54-50(53-48)44-29-51-30-45-46(44)42-19-9-18-41(47(42)55-45)37-27-24-34-21-20-32-11-5-7-16-40(32)43(34)28-37/h1-30H. The molecule has 3 heterocycles. The summed E-state index contributed by atoms with van der Waals surface area (Å²) in [5.41, 5.74) is 8.48. The van der Waals surface area contributed by atoms with Crippen LogP contribution in [-0.4, -0.2) is 19.9 Å². The van der Waals surface area contributed by atoms with E-state index >= 15 is 0 Å². The smallest absolute Gasteiger partial charge is 0.166 e. The average molecular weight is 703 g/mol. The number of fused-ring (bicyclic) bond motifs is 7. The van der Waals surface area contributed by atoms with Crippen molar-refractivity contribution in [3.05, 3.63) is 182 Å². The van der Waals surface area contributed by atoms with Gasteiger partial charge in [-0.2, -0.15) is 0 Å². The number of furan rings is 1. The highest BCUT2D eigenvalue weighted by molar-refractivity contribution is 6.15. The topological polar surface area (TPSA) is 64.7 Å². The Bertz CT molecular complexity index is 3250. The Morgan fingerprint density at radius 1 is 0.345 bits per heavy atom. The molecule has 11 aromatic rings. The molecule has 3 aromatic heterocycles. The first-order chi connectivity index (χ1) is 27.2. The van der Waals surface area contributed by atoms with Gasteiger partial charge in [-0.05, 0) is 55.1 Å². The van der Waals surface area contributed by atoms with Gasteiger partial charge in [0, 0.05) is 39.2 Å². The molecule has 0 N–H and O–H groups in total. The molecule has 0 bridgehead atoms. The number of para-hydroxylation sites is 1. The molecule has 0 saturated heterocycles. The van der Waals surface area contributed by atoms with Gasteiger partial charge in [0.2, 0.25) is 0 Å². The normalized spacial score (nSPS) is 11.6. The van der Waals surface area contributed by atoms with E-state index in [2.05, 4.69) is 145 Å². The molecule has 0 aliphatic heterocycles. The maximum absolute atomic E-state index is 6.68. The maximum atomic E-state index is 6.68. The molecule has 0 saturated carbocycles. The van der Waals surface area contributed by atoms with E-state index in [0.717, 1.165) is 49.7 Å². The van der Waals surface area contributed by atoms with Crippen molar-refractivity contribution < 1.29 is 4.42 Å². The van der Waals surface area contributed by atoms with Gasteiger partial charge in [0.15, 0.2) is 23.1 Å². The van der Waals surface area contributed by atoms with Crippen molar-refractivity contribution in [2.75, 3.05) is 0 Å². The fourth-order valence-corrected chi connectivity index (χ4v) is 7.93. The molecule has 0 spiro atoms. The summed E-state index contributed by atoms with van der Waals surface area (Å²) in [6.07, 6.45) is 3.62. The van der Waals surface area contributed by atoms with E-state index in [-0.39, 0.29) is 0 Å². The first-order valence-electron chi connectivity index (χ1n) is 18.4. The second kappa shape index (κ2) is 12.6. The van der Waals surface area contributed by atoms with Gasteiger partial charge < -0.3 is 4.42 Å². The molecule has 5 heteroatoms. The zero-order chi connectivity index (χ0) is 36.3. The summed E-state index contributed by atoms with van der Waals surface area (Å²) in [7, 11) is 0. The zero-order valence-corrected chi connectivity index (χ0v) is 29.5. The molecule has 0 aliphatic rings. The van der Waals surface area contributed by atoms with Crippen molar-refractivity contribution in [2.45, 2.75) is 0 Å². The summed E-state index contributed by atoms with van der Waals surface area (Å²) in [6, 6.07) is 59.3. The third kappa shape index (κ3) is 5.24. The SMILES string of the molecule is c1ccc(-c2nc(-c3ccc(-c4cccc5ccccc45)cc3)nc(-c3cncc4oc5c(-c6ccc7ccc8ccccc8c7c6)cccc5c34)n2)cc1. The number of pyridine rings is 1. The highest BCUT2D eigenvalue weighted by Gasteiger charge is 2.20. The van der Waals surface area contributed by atoms with Gasteiger partial charge >= 0.3 is 0 Å². The van der Waals surface area contributed by atoms with Crippen LogP contribution in [0.2, 0.25) is 0 Å². The van der Waals surface area contributed by atoms with Crippen LogP contribution >= 0.6 is 0 Å². The first kappa shape index (κ1) is 31.1. The fraction of sp³-hybridized carbons (Fsp3) is 0. The fourth-order valence-electron chi connectivity index (χ4n) is 7.93. The predicted octanol–water partition coefficient (Wildman–Crippen LogP) is 13.0. The van der Waals surface area contributed by atoms with Crippen molar-refractivity contribution in [1.82, 2.24) is 19.9 Å². The summed E-state index contributed by atoms with van der Waals surface area (Å²) in [4.78, 5) is 19.9. The van der Waals surface area contributed by atoms with Gasteiger partial charge in [0.1, 0.15) is 5.58 Å². The summed E-state index contributed by atoms with van der Waals surface area (Å²) in [5, 5.41) is 9.19. The van der Waals surface area contributed by atoms with Crippen LogP contribution < -0.4 is 0 Å². The van der Waals surface area contributed by atoms with Gasteiger partial charge in [-0.1, -0.05) is 164 Å². The molecule has 256 valence electrons. The Morgan fingerprint density at radius 2 is 0.909 bits per heavy atom. The van der Waals surface area contributed by atoms with E-state index in [1.165, 1.54) is 37.9 Å². The van der Waals surface area contributed by atoms with Crippen molar-refractivity contribution in [2.24, 2.45) is 0 Å². The molecule has 11 rings (SSSR count). The third-order valence-electron chi connectivity index (χ3n) is 10.6. The van der Waals surface area contributed by atoms with E-state index < -0.39 is 0 Å². The molecule has 0 unspecified atom stereocenters. The van der Waals surface area contributed by atoms with Crippen LogP contribution in [0.4, 0.5) is 0 Å². The Hall–Kier alpha value is -7.50. The lowest BCUT2D eigenvalue weighted by molar-refractivity contribution is 0.668. The summed E-state index contributed by atoms with van der Waals surface area (Å²) < 4.78 is 6.68. The molecule has 5 nitrogen and oxygen atoms in total. The van der Waals surface area contributed by atoms with Crippen LogP contribution in [0, 0.1) is 0 Å². The molecule has 0 amide bonds. The quantitative estimate of drug-likeness (QED) is 0.167. The third-order valence-corrected chi connectivity index (χ3v) is 10.6. The van der Waals surface area contributed by atoms with Gasteiger partial charge in [0.05, 0.1) is 6.20 Å². The number of rotatable bonds is 5. The molecule has 0 fully saturated rings. The van der Waals surface area contributed by atoms with E-state index in [1.54, 1.807) is 6.20 Å². The number of hydrogen-bond donors (Lipinski definition) is 0. The van der Waals surface area contributed by atoms with Crippen molar-refractivity contribution in [3.63, 3.8) is 0 Å². The molecular formula is C50H30N4O. The van der Waals surface area contributed by atoms with Crippen molar-refractivity contribution >= 4 is 54.3 Å². The lowest BCUT2D eigenvalue weighted by Crippen LogP contribution is -2.00. The van der Waals surface area contributed by atoms with Gasteiger partial charge in [-0.25, -0.2) is 15.0 Å². The number of nitrogens with zero attached hydrogens (tertiary/aromatic N) is 4. The molecule has 0 atom stereocenters. The Kier molecular flexibility index (Phi) is 7.10. The van der Waals surface area contributed by atoms with E-state index in [0.29, 0.717) is 23.1 Å². The van der Waals surface area contributed by atoms with E-state index in [1.807, 2.05) is 36.5 Å². The Balaban J connectivity index is 1.07. The largest absolute Gasteiger partial charge is 0.454 e. The highest BCUT2D eigenvalue weighted by Crippen LogP contribution is 2.41. The summed E-state index contributed by atoms with van der Waals surface area (Å²) in [6.45, 7) is 0. The highest BCUT2D eigenvalue weighted by atomic mass is 16.3. The van der Waals surface area contributed by atoms with E-state index in [4.69, 9.17) is 19.4 Å². The molecule has 55 heavy (non-hydrogen) atoms. The predicted molar refractivity (Wildman–Crippen MR) is 225 cm³/mol. The minimum absolute atomic E-state index is 0.533. The number of hydrogen-bond acceptors (Lipinski definition) is 5. The maximum Gasteiger partial charge on any atom is 0.166 e. The second-order valence-corrected chi connectivity index (χ2v) is 13.8. The van der Waals surface area contributed by atoms with Crippen LogP contribution in [0.5, 0.6) is 0 Å². The zero-order valence-electron chi connectivity index (χ0n) is 29.5. The summed E-state index contributed by atoms with van der Waals surface area (Å²) in [5.74, 6) is 1.71. The Labute approximate surface area is 316 Å². The van der Waals surface area contributed by atoms with E-state index in [9.17, 15) is 0 Å². The monoisotopic (exact) mass is 702 g/mol. The van der Waals surface area contributed by atoms with Crippen LogP contribution in [0.1, 0.15) is 0 Å². The van der Waals surface area contributed by atoms with Gasteiger partial charge in [-0.3, -0.25) is 4.98 Å². The molecule has 0 radical (unpaired) electrons. The van der Waals surface area contributed by atoms with Crippen LogP contribution in [-0.2, 0) is 0 Å². The summed E-state index contributed by atoms with van der Waals surface area (Å²) >= 11 is 0. The average Bonchev–Trinajstić information content (AvgIpc) is 3.65. The minimum Gasteiger partial charge on any atom is -0.454 e. The van der Waals surface area contributed by atoms with Crippen LogP contribution in [0.3, 0.4) is 0 Å². The van der Waals surface area contributed by atoms with Crippen molar-refractivity contribution in [1.29, 1.82) is 0 Å². The van der Waals surface area contributed by atoms with Gasteiger partial charge in [0.25, 0.3) is 0 Å². The Morgan fingerprint density at radius 3 is 1.73 bits per heavy atom. The molecule has 0 aliphatic carbocycles. The van der Waals surface area contributed by atoms with Crippen LogP contribution in [0.15, 0.2) is 187 Å². The van der Waals surface area contributed by atoms with Crippen molar-refractivity contribution in [3.8, 4) is 56.4 Å². The number of benzene rings is 8. The first-order valence-corrected chi connectivity index (χ1v) is 18.4.